The van der Waals surface area contributed by atoms with Crippen LogP contribution in [0.4, 0.5) is 0 Å². The van der Waals surface area contributed by atoms with E-state index in [9.17, 15) is 0 Å². The summed E-state index contributed by atoms with van der Waals surface area (Å²) in [5.41, 5.74) is 5.67. The molecule has 2 aromatic carbocycles. The first-order valence-electron chi connectivity index (χ1n) is 7.38. The van der Waals surface area contributed by atoms with Gasteiger partial charge in [0.05, 0.1) is 7.11 Å². The van der Waals surface area contributed by atoms with Crippen molar-refractivity contribution in [2.24, 2.45) is 0 Å². The van der Waals surface area contributed by atoms with Crippen molar-refractivity contribution >= 4 is 0 Å². The van der Waals surface area contributed by atoms with Gasteiger partial charge in [0.25, 0.3) is 0 Å². The van der Waals surface area contributed by atoms with Crippen LogP contribution in [0.2, 0.25) is 0 Å². The molecule has 0 heterocycles. The molecular formula is C19H24O. The molecule has 0 aliphatic rings. The summed E-state index contributed by atoms with van der Waals surface area (Å²) in [6.45, 7) is 4.37. The van der Waals surface area contributed by atoms with Crippen molar-refractivity contribution < 1.29 is 4.74 Å². The van der Waals surface area contributed by atoms with Gasteiger partial charge in [-0.2, -0.15) is 0 Å². The Morgan fingerprint density at radius 3 is 2.25 bits per heavy atom. The van der Waals surface area contributed by atoms with Gasteiger partial charge in [0.1, 0.15) is 5.75 Å². The highest BCUT2D eigenvalue weighted by Crippen LogP contribution is 2.16. The van der Waals surface area contributed by atoms with Crippen molar-refractivity contribution in [2.45, 2.75) is 39.5 Å². The monoisotopic (exact) mass is 268 g/mol. The second-order valence-corrected chi connectivity index (χ2v) is 5.49. The van der Waals surface area contributed by atoms with Crippen molar-refractivity contribution in [3.05, 3.63) is 64.7 Å². The fourth-order valence-corrected chi connectivity index (χ4v) is 2.51. The highest BCUT2D eigenvalue weighted by Gasteiger charge is 2.00. The molecule has 2 aromatic rings. The third-order valence-corrected chi connectivity index (χ3v) is 3.83. The van der Waals surface area contributed by atoms with Crippen molar-refractivity contribution in [3.63, 3.8) is 0 Å². The maximum atomic E-state index is 5.18. The number of unbranched alkanes of at least 4 members (excludes halogenated alkanes) is 1. The van der Waals surface area contributed by atoms with Crippen LogP contribution in [0.25, 0.3) is 0 Å². The molecule has 0 aromatic heterocycles. The van der Waals surface area contributed by atoms with Gasteiger partial charge in [-0.3, -0.25) is 0 Å². The Hall–Kier alpha value is -1.76. The van der Waals surface area contributed by atoms with Gasteiger partial charge in [0.2, 0.25) is 0 Å². The van der Waals surface area contributed by atoms with Crippen LogP contribution in [0.15, 0.2) is 42.5 Å². The summed E-state index contributed by atoms with van der Waals surface area (Å²) < 4.78 is 5.18. The number of methoxy groups -OCH3 is 1. The molecular weight excluding hydrogens is 244 g/mol. The van der Waals surface area contributed by atoms with Gasteiger partial charge in [-0.25, -0.2) is 0 Å². The van der Waals surface area contributed by atoms with Crippen molar-refractivity contribution in [3.8, 4) is 5.75 Å². The van der Waals surface area contributed by atoms with E-state index in [2.05, 4.69) is 44.2 Å². The molecule has 0 unspecified atom stereocenters. The van der Waals surface area contributed by atoms with Gasteiger partial charge in [-0.05, 0) is 68.4 Å². The SMILES string of the molecule is COc1ccc(CCCCc2cc(C)ccc2C)cc1. The molecule has 1 heteroatoms. The van der Waals surface area contributed by atoms with E-state index in [0.29, 0.717) is 0 Å². The first-order chi connectivity index (χ1) is 9.69. The number of hydrogen-bond acceptors (Lipinski definition) is 1. The van der Waals surface area contributed by atoms with Gasteiger partial charge in [0.15, 0.2) is 0 Å². The summed E-state index contributed by atoms with van der Waals surface area (Å²) in [6, 6.07) is 15.2. The summed E-state index contributed by atoms with van der Waals surface area (Å²) in [6.07, 6.45) is 4.81. The predicted octanol–water partition coefficient (Wildman–Crippen LogP) is 4.88. The predicted molar refractivity (Wildman–Crippen MR) is 85.6 cm³/mol. The highest BCUT2D eigenvalue weighted by atomic mass is 16.5. The number of rotatable bonds is 6. The van der Waals surface area contributed by atoms with Crippen LogP contribution in [-0.4, -0.2) is 7.11 Å². The molecule has 0 radical (unpaired) electrons. The lowest BCUT2D eigenvalue weighted by Gasteiger charge is -2.07. The molecule has 0 fully saturated rings. The minimum Gasteiger partial charge on any atom is -0.497 e. The second-order valence-electron chi connectivity index (χ2n) is 5.49. The molecule has 0 saturated carbocycles. The highest BCUT2D eigenvalue weighted by molar-refractivity contribution is 5.30. The summed E-state index contributed by atoms with van der Waals surface area (Å²) in [7, 11) is 1.71. The van der Waals surface area contributed by atoms with E-state index in [1.54, 1.807) is 7.11 Å². The van der Waals surface area contributed by atoms with Gasteiger partial charge in [-0.1, -0.05) is 35.9 Å². The van der Waals surface area contributed by atoms with Gasteiger partial charge in [-0.15, -0.1) is 0 Å². The van der Waals surface area contributed by atoms with E-state index in [0.717, 1.165) is 12.2 Å². The average Bonchev–Trinajstić information content (AvgIpc) is 2.47. The normalized spacial score (nSPS) is 10.6. The summed E-state index contributed by atoms with van der Waals surface area (Å²) in [5, 5.41) is 0. The lowest BCUT2D eigenvalue weighted by Crippen LogP contribution is -1.93. The Labute approximate surface area is 122 Å². The van der Waals surface area contributed by atoms with E-state index in [1.165, 1.54) is 41.5 Å². The first kappa shape index (κ1) is 14.6. The smallest absolute Gasteiger partial charge is 0.118 e. The van der Waals surface area contributed by atoms with Crippen molar-refractivity contribution in [1.29, 1.82) is 0 Å². The fourth-order valence-electron chi connectivity index (χ4n) is 2.51. The molecule has 0 atom stereocenters. The molecule has 0 spiro atoms. The number of benzene rings is 2. The quantitative estimate of drug-likeness (QED) is 0.679. The van der Waals surface area contributed by atoms with E-state index in [-0.39, 0.29) is 0 Å². The standard InChI is InChI=1S/C19H24O/c1-15-8-9-16(2)18(14-15)7-5-4-6-17-10-12-19(20-3)13-11-17/h8-14H,4-7H2,1-3H3. The van der Waals surface area contributed by atoms with E-state index >= 15 is 0 Å². The summed E-state index contributed by atoms with van der Waals surface area (Å²) in [4.78, 5) is 0. The Bertz CT molecular complexity index is 540. The number of ether oxygens (including phenoxy) is 1. The van der Waals surface area contributed by atoms with Crippen LogP contribution in [0, 0.1) is 13.8 Å². The summed E-state index contributed by atoms with van der Waals surface area (Å²) in [5.74, 6) is 0.934. The summed E-state index contributed by atoms with van der Waals surface area (Å²) >= 11 is 0. The number of aryl methyl sites for hydroxylation is 4. The Morgan fingerprint density at radius 1 is 0.850 bits per heavy atom. The zero-order chi connectivity index (χ0) is 14.4. The molecule has 0 amide bonds. The maximum absolute atomic E-state index is 5.18. The molecule has 0 bridgehead atoms. The molecule has 0 N–H and O–H groups in total. The van der Waals surface area contributed by atoms with Crippen LogP contribution in [-0.2, 0) is 12.8 Å². The first-order valence-corrected chi connectivity index (χ1v) is 7.38. The molecule has 0 aliphatic carbocycles. The van der Waals surface area contributed by atoms with Crippen LogP contribution in [0.3, 0.4) is 0 Å². The minimum atomic E-state index is 0.934. The van der Waals surface area contributed by atoms with Gasteiger partial charge >= 0.3 is 0 Å². The van der Waals surface area contributed by atoms with Crippen molar-refractivity contribution in [1.82, 2.24) is 0 Å². The van der Waals surface area contributed by atoms with Crippen LogP contribution < -0.4 is 4.74 Å². The van der Waals surface area contributed by atoms with Gasteiger partial charge in [0, 0.05) is 0 Å². The van der Waals surface area contributed by atoms with Gasteiger partial charge < -0.3 is 4.74 Å². The Balaban J connectivity index is 1.79. The topological polar surface area (TPSA) is 9.23 Å². The van der Waals surface area contributed by atoms with E-state index in [4.69, 9.17) is 4.74 Å². The van der Waals surface area contributed by atoms with Crippen LogP contribution >= 0.6 is 0 Å². The lowest BCUT2D eigenvalue weighted by atomic mass is 9.99. The molecule has 106 valence electrons. The fraction of sp³-hybridized carbons (Fsp3) is 0.368. The molecule has 2 rings (SSSR count). The minimum absolute atomic E-state index is 0.934. The Kier molecular flexibility index (Phi) is 5.23. The molecule has 20 heavy (non-hydrogen) atoms. The average molecular weight is 268 g/mol. The molecule has 0 saturated heterocycles. The van der Waals surface area contributed by atoms with Crippen LogP contribution in [0.1, 0.15) is 35.1 Å². The lowest BCUT2D eigenvalue weighted by molar-refractivity contribution is 0.414. The van der Waals surface area contributed by atoms with E-state index < -0.39 is 0 Å². The zero-order valence-electron chi connectivity index (χ0n) is 12.8. The largest absolute Gasteiger partial charge is 0.497 e. The molecule has 0 aliphatic heterocycles. The van der Waals surface area contributed by atoms with Crippen molar-refractivity contribution in [2.75, 3.05) is 7.11 Å². The third-order valence-electron chi connectivity index (χ3n) is 3.83. The maximum Gasteiger partial charge on any atom is 0.118 e. The third kappa shape index (κ3) is 4.12. The second kappa shape index (κ2) is 7.14. The van der Waals surface area contributed by atoms with E-state index in [1.807, 2.05) is 12.1 Å². The van der Waals surface area contributed by atoms with Crippen LogP contribution in [0.5, 0.6) is 5.75 Å². The zero-order valence-corrected chi connectivity index (χ0v) is 12.8. The molecule has 1 nitrogen and oxygen atoms in total. The Morgan fingerprint density at radius 2 is 1.55 bits per heavy atom. The number of hydrogen-bond donors (Lipinski definition) is 0.